The summed E-state index contributed by atoms with van der Waals surface area (Å²) in [6, 6.07) is 21.8. The number of rotatable bonds is 14. The number of aliphatic hydroxyl groups excluding tert-OH is 1. The number of ether oxygens (including phenoxy) is 2. The summed E-state index contributed by atoms with van der Waals surface area (Å²) in [6.45, 7) is 10.00. The van der Waals surface area contributed by atoms with Gasteiger partial charge in [-0.05, 0) is 77.3 Å². The van der Waals surface area contributed by atoms with Gasteiger partial charge in [0.2, 0.25) is 0 Å². The number of hydrogen-bond acceptors (Lipinski definition) is 4. The van der Waals surface area contributed by atoms with E-state index in [0.29, 0.717) is 12.0 Å². The maximum Gasteiger partial charge on any atom is 0.333 e. The van der Waals surface area contributed by atoms with Gasteiger partial charge in [0.1, 0.15) is 12.4 Å². The number of esters is 1. The van der Waals surface area contributed by atoms with Crippen LogP contribution in [0.2, 0.25) is 0 Å². The van der Waals surface area contributed by atoms with Crippen molar-refractivity contribution in [3.8, 4) is 28.0 Å². The summed E-state index contributed by atoms with van der Waals surface area (Å²) in [5.74, 6) is 0.372. The number of carbonyl (C=O) groups is 1. The van der Waals surface area contributed by atoms with Gasteiger partial charge in [0.05, 0.1) is 13.2 Å². The second-order valence-electron chi connectivity index (χ2n) is 9.45. The quantitative estimate of drug-likeness (QED) is 0.143. The Bertz CT molecular complexity index is 1160. The van der Waals surface area contributed by atoms with Crippen molar-refractivity contribution in [1.82, 2.24) is 0 Å². The van der Waals surface area contributed by atoms with E-state index >= 15 is 0 Å². The molecule has 1 N–H and O–H groups in total. The van der Waals surface area contributed by atoms with Crippen molar-refractivity contribution < 1.29 is 19.4 Å². The first-order valence-electron chi connectivity index (χ1n) is 13.4. The molecular formula is C33H40O4. The van der Waals surface area contributed by atoms with E-state index in [1.807, 2.05) is 0 Å². The van der Waals surface area contributed by atoms with E-state index in [-0.39, 0.29) is 19.8 Å². The summed E-state index contributed by atoms with van der Waals surface area (Å²) < 4.78 is 11.3. The summed E-state index contributed by atoms with van der Waals surface area (Å²) in [7, 11) is 0. The largest absolute Gasteiger partial charge is 0.491 e. The molecule has 0 bridgehead atoms. The van der Waals surface area contributed by atoms with Crippen LogP contribution in [0.4, 0.5) is 0 Å². The lowest BCUT2D eigenvalue weighted by Crippen LogP contribution is -2.11. The minimum Gasteiger partial charge on any atom is -0.491 e. The third kappa shape index (κ3) is 8.06. The Morgan fingerprint density at radius 2 is 1.41 bits per heavy atom. The molecule has 0 heterocycles. The molecule has 0 radical (unpaired) electrons. The van der Waals surface area contributed by atoms with Crippen molar-refractivity contribution in [2.24, 2.45) is 0 Å². The highest BCUT2D eigenvalue weighted by Crippen LogP contribution is 2.33. The van der Waals surface area contributed by atoms with Crippen molar-refractivity contribution in [3.63, 3.8) is 0 Å². The van der Waals surface area contributed by atoms with Crippen LogP contribution in [0.5, 0.6) is 5.75 Å². The molecule has 3 aromatic rings. The zero-order chi connectivity index (χ0) is 26.6. The molecule has 3 aromatic carbocycles. The summed E-state index contributed by atoms with van der Waals surface area (Å²) in [6.07, 6.45) is 6.20. The smallest absolute Gasteiger partial charge is 0.333 e. The monoisotopic (exact) mass is 500 g/mol. The summed E-state index contributed by atoms with van der Waals surface area (Å²) >= 11 is 0. The Balaban J connectivity index is 1.83. The van der Waals surface area contributed by atoms with Gasteiger partial charge >= 0.3 is 5.97 Å². The van der Waals surface area contributed by atoms with Gasteiger partial charge in [0.15, 0.2) is 0 Å². The second-order valence-corrected chi connectivity index (χ2v) is 9.45. The Labute approximate surface area is 222 Å². The second kappa shape index (κ2) is 14.4. The van der Waals surface area contributed by atoms with E-state index in [1.54, 1.807) is 6.92 Å². The third-order valence-corrected chi connectivity index (χ3v) is 6.49. The van der Waals surface area contributed by atoms with Crippen molar-refractivity contribution in [2.75, 3.05) is 19.8 Å². The molecular weight excluding hydrogens is 460 g/mol. The van der Waals surface area contributed by atoms with E-state index in [1.165, 1.54) is 36.0 Å². The van der Waals surface area contributed by atoms with Crippen LogP contribution >= 0.6 is 0 Å². The third-order valence-electron chi connectivity index (χ3n) is 6.49. The molecule has 0 aliphatic rings. The van der Waals surface area contributed by atoms with Crippen molar-refractivity contribution in [2.45, 2.75) is 59.3 Å². The van der Waals surface area contributed by atoms with Gasteiger partial charge in [0, 0.05) is 12.0 Å². The van der Waals surface area contributed by atoms with Crippen molar-refractivity contribution >= 4 is 5.97 Å². The molecule has 0 aliphatic carbocycles. The molecule has 0 amide bonds. The molecule has 0 aromatic heterocycles. The van der Waals surface area contributed by atoms with Crippen LogP contribution < -0.4 is 4.74 Å². The van der Waals surface area contributed by atoms with Crippen molar-refractivity contribution in [1.29, 1.82) is 0 Å². The van der Waals surface area contributed by atoms with E-state index in [4.69, 9.17) is 9.47 Å². The molecule has 4 heteroatoms. The predicted molar refractivity (Wildman–Crippen MR) is 152 cm³/mol. The molecule has 196 valence electrons. The first kappa shape index (κ1) is 28.2. The zero-order valence-electron chi connectivity index (χ0n) is 22.5. The molecule has 0 aliphatic heterocycles. The Kier molecular flexibility index (Phi) is 11.0. The molecule has 3 rings (SSSR count). The lowest BCUT2D eigenvalue weighted by atomic mass is 9.94. The molecule has 0 fully saturated rings. The summed E-state index contributed by atoms with van der Waals surface area (Å²) in [5, 5.41) is 9.30. The molecule has 0 saturated heterocycles. The number of carbonyl (C=O) groups excluding carboxylic acids is 1. The Morgan fingerprint density at radius 3 is 1.97 bits per heavy atom. The first-order chi connectivity index (χ1) is 18.0. The van der Waals surface area contributed by atoms with E-state index in [9.17, 15) is 9.90 Å². The molecule has 0 unspecified atom stereocenters. The van der Waals surface area contributed by atoms with E-state index in [0.717, 1.165) is 40.8 Å². The highest BCUT2D eigenvalue weighted by Gasteiger charge is 2.14. The van der Waals surface area contributed by atoms with Crippen LogP contribution in [0.15, 0.2) is 72.8 Å². The number of aryl methyl sites for hydroxylation is 2. The minimum atomic E-state index is -0.394. The topological polar surface area (TPSA) is 55.8 Å². The zero-order valence-corrected chi connectivity index (χ0v) is 22.5. The predicted octanol–water partition coefficient (Wildman–Crippen LogP) is 7.35. The maximum atomic E-state index is 11.8. The minimum absolute atomic E-state index is 0.0594. The fraction of sp³-hybridized carbons (Fsp3) is 0.364. The van der Waals surface area contributed by atoms with Gasteiger partial charge in [0.25, 0.3) is 0 Å². The highest BCUT2D eigenvalue weighted by molar-refractivity contribution is 5.86. The van der Waals surface area contributed by atoms with E-state index < -0.39 is 5.97 Å². The van der Waals surface area contributed by atoms with Gasteiger partial charge in [-0.2, -0.15) is 0 Å². The van der Waals surface area contributed by atoms with Crippen LogP contribution in [0, 0.1) is 0 Å². The molecule has 4 nitrogen and oxygen atoms in total. The number of hydrogen-bond donors (Lipinski definition) is 1. The maximum absolute atomic E-state index is 11.8. The van der Waals surface area contributed by atoms with Gasteiger partial charge in [-0.3, -0.25) is 0 Å². The number of benzene rings is 3. The first-order valence-corrected chi connectivity index (χ1v) is 13.4. The van der Waals surface area contributed by atoms with Crippen LogP contribution in [0.1, 0.15) is 56.7 Å². The van der Waals surface area contributed by atoms with Gasteiger partial charge in [-0.1, -0.05) is 81.8 Å². The highest BCUT2D eigenvalue weighted by atomic mass is 16.5. The average molecular weight is 501 g/mol. The lowest BCUT2D eigenvalue weighted by molar-refractivity contribution is -0.138. The molecule has 0 spiro atoms. The average Bonchev–Trinajstić information content (AvgIpc) is 2.92. The number of unbranched alkanes of at least 4 members (excludes halogenated alkanes) is 2. The Hall–Kier alpha value is -3.37. The molecule has 37 heavy (non-hydrogen) atoms. The summed E-state index contributed by atoms with van der Waals surface area (Å²) in [5.41, 5.74) is 8.41. The molecule has 0 atom stereocenters. The number of aliphatic hydroxyl groups is 1. The fourth-order valence-electron chi connectivity index (χ4n) is 4.38. The standard InChI is InChI=1S/C33H40O4/c1-5-7-8-9-25-10-12-27(13-11-25)28-14-16-29(17-15-28)31-22-26(6-2)32(36-21-19-34)30(23-31)18-20-37-33(35)24(3)4/h10-17,22-23,34H,3,5-9,18-21H2,1-2,4H3. The normalized spacial score (nSPS) is 10.8. The molecule has 0 saturated carbocycles. The summed E-state index contributed by atoms with van der Waals surface area (Å²) in [4.78, 5) is 11.8. The van der Waals surface area contributed by atoms with Crippen LogP contribution in [-0.4, -0.2) is 30.9 Å². The van der Waals surface area contributed by atoms with Crippen molar-refractivity contribution in [3.05, 3.63) is 89.5 Å². The van der Waals surface area contributed by atoms with Crippen LogP contribution in [0.3, 0.4) is 0 Å². The SMILES string of the molecule is C=C(C)C(=O)OCCc1cc(-c2ccc(-c3ccc(CCCCC)cc3)cc2)cc(CC)c1OCCO. The van der Waals surface area contributed by atoms with Gasteiger partial charge in [-0.25, -0.2) is 4.79 Å². The van der Waals surface area contributed by atoms with Crippen LogP contribution in [-0.2, 0) is 28.8 Å². The lowest BCUT2D eigenvalue weighted by Gasteiger charge is -2.18. The van der Waals surface area contributed by atoms with Crippen LogP contribution in [0.25, 0.3) is 22.3 Å². The van der Waals surface area contributed by atoms with Gasteiger partial charge < -0.3 is 14.6 Å². The van der Waals surface area contributed by atoms with Gasteiger partial charge in [-0.15, -0.1) is 0 Å². The fourth-order valence-corrected chi connectivity index (χ4v) is 4.38. The van der Waals surface area contributed by atoms with E-state index in [2.05, 4.69) is 81.1 Å². The Morgan fingerprint density at radius 1 is 0.811 bits per heavy atom.